The van der Waals surface area contributed by atoms with E-state index in [1.807, 2.05) is 36.4 Å². The van der Waals surface area contributed by atoms with Gasteiger partial charge >= 0.3 is 0 Å². The second-order valence-corrected chi connectivity index (χ2v) is 9.23. The molecule has 1 N–H and O–H groups in total. The number of rotatable bonds is 2. The molecule has 4 rings (SSSR count). The molecule has 0 radical (unpaired) electrons. The number of nitrogens with one attached hydrogen (secondary N) is 1. The van der Waals surface area contributed by atoms with Crippen LogP contribution in [0.4, 0.5) is 0 Å². The first-order chi connectivity index (χ1) is 14.1. The largest absolute Gasteiger partial charge is 0.352 e. The highest BCUT2D eigenvalue weighted by Crippen LogP contribution is 2.30. The molecule has 1 aliphatic heterocycles. The minimum Gasteiger partial charge on any atom is -0.352 e. The first-order valence-corrected chi connectivity index (χ1v) is 10.2. The molecule has 3 heterocycles. The average molecular weight is 406 g/mol. The Bertz CT molecular complexity index is 1130. The smallest absolute Gasteiger partial charge is 0.275 e. The third-order valence-electron chi connectivity index (χ3n) is 5.62. The molecule has 0 saturated carbocycles. The maximum atomic E-state index is 13.3. The summed E-state index contributed by atoms with van der Waals surface area (Å²) in [5.41, 5.74) is 2.66. The number of hydrogen-bond acceptors (Lipinski definition) is 4. The molecule has 1 fully saturated rings. The summed E-state index contributed by atoms with van der Waals surface area (Å²) in [6.45, 7) is 10.7. The molecule has 3 aromatic rings. The van der Waals surface area contributed by atoms with Crippen LogP contribution >= 0.6 is 0 Å². The molecule has 0 aliphatic carbocycles. The fraction of sp³-hybridized carbons (Fsp3) is 0.391. The molecule has 1 saturated heterocycles. The van der Waals surface area contributed by atoms with Gasteiger partial charge in [-0.1, -0.05) is 51.1 Å². The first-order valence-electron chi connectivity index (χ1n) is 10.2. The highest BCUT2D eigenvalue weighted by molar-refractivity contribution is 5.99. The van der Waals surface area contributed by atoms with Crippen LogP contribution in [0, 0.1) is 0 Å². The van der Waals surface area contributed by atoms with Gasteiger partial charge in [-0.15, -0.1) is 0 Å². The standard InChI is InChI=1S/C23H27N5O2/c1-22(2,3)16-13-17(15-9-7-6-8-10-15)26-28-14-18(25-19(16)28)20(29)27-12-11-24-21(30)23(27,4)5/h6-10,13-14H,11-12H2,1-5H3,(H,24,30). The second kappa shape index (κ2) is 6.93. The van der Waals surface area contributed by atoms with Crippen LogP contribution in [0.25, 0.3) is 16.9 Å². The van der Waals surface area contributed by atoms with Crippen molar-refractivity contribution in [3.8, 4) is 11.3 Å². The summed E-state index contributed by atoms with van der Waals surface area (Å²) in [6, 6.07) is 12.0. The van der Waals surface area contributed by atoms with Gasteiger partial charge in [0, 0.05) is 24.2 Å². The Balaban J connectivity index is 1.84. The lowest BCUT2D eigenvalue weighted by Crippen LogP contribution is -2.63. The van der Waals surface area contributed by atoms with Crippen LogP contribution in [0.2, 0.25) is 0 Å². The molecule has 1 aromatic carbocycles. The van der Waals surface area contributed by atoms with E-state index in [-0.39, 0.29) is 17.2 Å². The summed E-state index contributed by atoms with van der Waals surface area (Å²) in [5, 5.41) is 7.54. The van der Waals surface area contributed by atoms with Crippen molar-refractivity contribution >= 4 is 17.5 Å². The van der Waals surface area contributed by atoms with Gasteiger partial charge in [0.05, 0.1) is 11.9 Å². The number of aromatic nitrogens is 3. The third-order valence-corrected chi connectivity index (χ3v) is 5.62. The lowest BCUT2D eigenvalue weighted by molar-refractivity contribution is -0.133. The lowest BCUT2D eigenvalue weighted by Gasteiger charge is -2.40. The summed E-state index contributed by atoms with van der Waals surface area (Å²) in [4.78, 5) is 31.8. The number of carbonyl (C=O) groups excluding carboxylic acids is 2. The minimum absolute atomic E-state index is 0.161. The maximum absolute atomic E-state index is 13.3. The van der Waals surface area contributed by atoms with Crippen LogP contribution < -0.4 is 5.32 Å². The summed E-state index contributed by atoms with van der Waals surface area (Å²) in [7, 11) is 0. The molecular formula is C23H27N5O2. The van der Waals surface area contributed by atoms with Crippen molar-refractivity contribution in [2.24, 2.45) is 0 Å². The van der Waals surface area contributed by atoms with Gasteiger partial charge in [-0.05, 0) is 25.3 Å². The minimum atomic E-state index is -0.930. The molecule has 1 aliphatic rings. The summed E-state index contributed by atoms with van der Waals surface area (Å²) < 4.78 is 1.69. The zero-order valence-electron chi connectivity index (χ0n) is 18.1. The van der Waals surface area contributed by atoms with Crippen molar-refractivity contribution < 1.29 is 9.59 Å². The van der Waals surface area contributed by atoms with Gasteiger partial charge in [0.2, 0.25) is 5.91 Å². The van der Waals surface area contributed by atoms with E-state index in [0.29, 0.717) is 24.4 Å². The highest BCUT2D eigenvalue weighted by atomic mass is 16.2. The van der Waals surface area contributed by atoms with E-state index in [4.69, 9.17) is 5.10 Å². The Hall–Kier alpha value is -3.22. The van der Waals surface area contributed by atoms with Gasteiger partial charge in [0.15, 0.2) is 5.65 Å². The number of carbonyl (C=O) groups is 2. The quantitative estimate of drug-likeness (QED) is 0.711. The van der Waals surface area contributed by atoms with Gasteiger partial charge in [-0.3, -0.25) is 9.59 Å². The van der Waals surface area contributed by atoms with Crippen molar-refractivity contribution in [3.05, 3.63) is 53.9 Å². The molecule has 7 nitrogen and oxygen atoms in total. The molecule has 0 spiro atoms. The normalized spacial score (nSPS) is 16.6. The molecule has 0 atom stereocenters. The Morgan fingerprint density at radius 1 is 1.17 bits per heavy atom. The first kappa shape index (κ1) is 20.1. The molecule has 30 heavy (non-hydrogen) atoms. The van der Waals surface area contributed by atoms with E-state index >= 15 is 0 Å². The monoisotopic (exact) mass is 405 g/mol. The molecule has 7 heteroatoms. The Morgan fingerprint density at radius 2 is 1.87 bits per heavy atom. The van der Waals surface area contributed by atoms with E-state index in [0.717, 1.165) is 16.8 Å². The van der Waals surface area contributed by atoms with Crippen molar-refractivity contribution in [2.45, 2.75) is 45.6 Å². The summed E-state index contributed by atoms with van der Waals surface area (Å²) in [6.07, 6.45) is 1.67. The third kappa shape index (κ3) is 3.34. The molecule has 156 valence electrons. The fourth-order valence-electron chi connectivity index (χ4n) is 3.78. The highest BCUT2D eigenvalue weighted by Gasteiger charge is 2.41. The summed E-state index contributed by atoms with van der Waals surface area (Å²) in [5.74, 6) is -0.424. The van der Waals surface area contributed by atoms with E-state index in [2.05, 4.69) is 31.1 Å². The van der Waals surface area contributed by atoms with E-state index < -0.39 is 5.54 Å². The van der Waals surface area contributed by atoms with Gasteiger partial charge in [-0.25, -0.2) is 9.50 Å². The van der Waals surface area contributed by atoms with Gasteiger partial charge in [0.1, 0.15) is 11.2 Å². The number of amides is 2. The van der Waals surface area contributed by atoms with Gasteiger partial charge in [0.25, 0.3) is 5.91 Å². The molecule has 0 unspecified atom stereocenters. The zero-order chi connectivity index (χ0) is 21.7. The Kier molecular flexibility index (Phi) is 4.64. The summed E-state index contributed by atoms with van der Waals surface area (Å²) >= 11 is 0. The fourth-order valence-corrected chi connectivity index (χ4v) is 3.78. The van der Waals surface area contributed by atoms with Crippen molar-refractivity contribution in [1.29, 1.82) is 0 Å². The van der Waals surface area contributed by atoms with Crippen LogP contribution in [0.15, 0.2) is 42.6 Å². The van der Waals surface area contributed by atoms with Crippen LogP contribution in [0.3, 0.4) is 0 Å². The van der Waals surface area contributed by atoms with E-state index in [9.17, 15) is 9.59 Å². The Labute approximate surface area is 176 Å². The van der Waals surface area contributed by atoms with E-state index in [1.54, 1.807) is 29.5 Å². The predicted molar refractivity (Wildman–Crippen MR) is 115 cm³/mol. The average Bonchev–Trinajstić information content (AvgIpc) is 3.13. The van der Waals surface area contributed by atoms with Gasteiger partial charge < -0.3 is 10.2 Å². The number of piperazine rings is 1. The zero-order valence-corrected chi connectivity index (χ0v) is 18.1. The van der Waals surface area contributed by atoms with Crippen LogP contribution in [0.1, 0.15) is 50.7 Å². The molecule has 2 amide bonds. The maximum Gasteiger partial charge on any atom is 0.275 e. The van der Waals surface area contributed by atoms with Crippen LogP contribution in [-0.2, 0) is 10.2 Å². The molecule has 2 aromatic heterocycles. The number of nitrogens with zero attached hydrogens (tertiary/aromatic N) is 4. The molecule has 0 bridgehead atoms. The van der Waals surface area contributed by atoms with Crippen LogP contribution in [-0.4, -0.2) is 49.9 Å². The van der Waals surface area contributed by atoms with Crippen molar-refractivity contribution in [2.75, 3.05) is 13.1 Å². The number of hydrogen-bond donors (Lipinski definition) is 1. The number of fused-ring (bicyclic) bond motifs is 1. The Morgan fingerprint density at radius 3 is 2.53 bits per heavy atom. The van der Waals surface area contributed by atoms with E-state index in [1.165, 1.54) is 0 Å². The van der Waals surface area contributed by atoms with Gasteiger partial charge in [-0.2, -0.15) is 5.10 Å². The lowest BCUT2D eigenvalue weighted by atomic mass is 9.87. The molecular weight excluding hydrogens is 378 g/mol. The van der Waals surface area contributed by atoms with Crippen LogP contribution in [0.5, 0.6) is 0 Å². The SMILES string of the molecule is CC(C)(C)c1cc(-c2ccccc2)nn2cc(C(=O)N3CCNC(=O)C3(C)C)nc12. The number of imidazole rings is 1. The second-order valence-electron chi connectivity index (χ2n) is 9.23. The van der Waals surface area contributed by atoms with Crippen molar-refractivity contribution in [3.63, 3.8) is 0 Å². The number of benzene rings is 1. The topological polar surface area (TPSA) is 79.6 Å². The predicted octanol–water partition coefficient (Wildman–Crippen LogP) is 3.04. The van der Waals surface area contributed by atoms with Crippen molar-refractivity contribution in [1.82, 2.24) is 24.8 Å².